The van der Waals surface area contributed by atoms with Crippen molar-refractivity contribution in [1.29, 1.82) is 0 Å². The summed E-state index contributed by atoms with van der Waals surface area (Å²) in [5.74, 6) is 0.456. The molecule has 2 N–H and O–H groups in total. The molecule has 0 bridgehead atoms. The summed E-state index contributed by atoms with van der Waals surface area (Å²) in [5, 5.41) is 12.1. The Kier molecular flexibility index (Phi) is 8.05. The van der Waals surface area contributed by atoms with Crippen LogP contribution in [0.3, 0.4) is 0 Å². The van der Waals surface area contributed by atoms with E-state index in [1.807, 2.05) is 37.3 Å². The number of aromatic carboxylic acids is 1. The number of carboxylic acids is 1. The molecule has 0 saturated carbocycles. The molecule has 0 aliphatic carbocycles. The van der Waals surface area contributed by atoms with Gasteiger partial charge in [0, 0.05) is 25.2 Å². The van der Waals surface area contributed by atoms with Gasteiger partial charge in [0.05, 0.1) is 16.8 Å². The molecule has 0 radical (unpaired) electrons. The summed E-state index contributed by atoms with van der Waals surface area (Å²) in [6.45, 7) is 5.38. The minimum atomic E-state index is -0.995. The maximum absolute atomic E-state index is 13.0. The third kappa shape index (κ3) is 6.64. The highest BCUT2D eigenvalue weighted by atomic mass is 16.5. The number of hydrogen-bond donors (Lipinski definition) is 2. The Balaban J connectivity index is 1.34. The lowest BCUT2D eigenvalue weighted by Gasteiger charge is -2.32. The van der Waals surface area contributed by atoms with Gasteiger partial charge in [-0.05, 0) is 62.7 Å². The molecule has 2 heterocycles. The lowest BCUT2D eigenvalue weighted by Crippen LogP contribution is -2.36. The number of para-hydroxylation sites is 1. The highest BCUT2D eigenvalue weighted by Gasteiger charge is 2.26. The molecule has 8 nitrogen and oxygen atoms in total. The number of nitrogens with one attached hydrogen (secondary N) is 1. The zero-order chi connectivity index (χ0) is 24.6. The van der Waals surface area contributed by atoms with Crippen LogP contribution in [-0.4, -0.2) is 58.1 Å². The summed E-state index contributed by atoms with van der Waals surface area (Å²) in [6.07, 6.45) is 3.41. The zero-order valence-electron chi connectivity index (χ0n) is 19.8. The molecule has 35 heavy (non-hydrogen) atoms. The normalized spacial score (nSPS) is 14.4. The number of rotatable bonds is 9. The maximum atomic E-state index is 13.0. The molecule has 8 heteroatoms. The summed E-state index contributed by atoms with van der Waals surface area (Å²) in [7, 11) is 0. The van der Waals surface area contributed by atoms with E-state index in [0.29, 0.717) is 18.0 Å². The van der Waals surface area contributed by atoms with Crippen molar-refractivity contribution in [2.24, 2.45) is 0 Å². The van der Waals surface area contributed by atoms with Crippen molar-refractivity contribution >= 4 is 11.9 Å². The summed E-state index contributed by atoms with van der Waals surface area (Å²) >= 11 is 0. The molecule has 0 atom stereocenters. The Morgan fingerprint density at radius 3 is 2.63 bits per heavy atom. The highest BCUT2D eigenvalue weighted by Crippen LogP contribution is 2.29. The van der Waals surface area contributed by atoms with Crippen LogP contribution in [0.4, 0.5) is 0 Å². The molecule has 2 aromatic carbocycles. The van der Waals surface area contributed by atoms with E-state index >= 15 is 0 Å². The number of benzene rings is 2. The number of piperidine rings is 1. The molecule has 1 aliphatic heterocycles. The summed E-state index contributed by atoms with van der Waals surface area (Å²) in [6, 6.07) is 16.4. The summed E-state index contributed by atoms with van der Waals surface area (Å²) in [4.78, 5) is 35.5. The first-order valence-electron chi connectivity index (χ1n) is 11.8. The van der Waals surface area contributed by atoms with Gasteiger partial charge in [0.25, 0.3) is 5.91 Å². The Morgan fingerprint density at radius 2 is 1.89 bits per heavy atom. The van der Waals surface area contributed by atoms with Gasteiger partial charge in [-0.2, -0.15) is 0 Å². The molecular weight excluding hydrogens is 444 g/mol. The van der Waals surface area contributed by atoms with Gasteiger partial charge in [0.15, 0.2) is 0 Å². The van der Waals surface area contributed by atoms with Gasteiger partial charge in [-0.15, -0.1) is 0 Å². The van der Waals surface area contributed by atoms with Crippen LogP contribution in [0.15, 0.2) is 60.8 Å². The number of hydrogen-bond acceptors (Lipinski definition) is 6. The van der Waals surface area contributed by atoms with E-state index in [1.165, 1.54) is 6.07 Å². The van der Waals surface area contributed by atoms with Crippen LogP contribution in [-0.2, 0) is 6.54 Å². The monoisotopic (exact) mass is 474 g/mol. The Labute approximate surface area is 205 Å². The number of amides is 1. The maximum Gasteiger partial charge on any atom is 0.335 e. The third-order valence-electron chi connectivity index (χ3n) is 6.20. The van der Waals surface area contributed by atoms with Gasteiger partial charge in [0.1, 0.15) is 18.2 Å². The SMILES string of the molecule is Cc1ncc(C(=O)NCc2cccc(C(=O)O)c2)c(C2CCN(CCOc3ccccc3)CC2)n1. The van der Waals surface area contributed by atoms with Gasteiger partial charge in [-0.1, -0.05) is 30.3 Å². The predicted molar refractivity (Wildman–Crippen MR) is 132 cm³/mol. The van der Waals surface area contributed by atoms with Crippen LogP contribution in [0.1, 0.15) is 56.6 Å². The molecule has 1 aliphatic rings. The number of carbonyl (C=O) groups excluding carboxylic acids is 1. The standard InChI is InChI=1S/C27H30N4O4/c1-19-28-18-24(26(32)29-17-20-6-5-7-22(16-20)27(33)34)25(30-19)21-10-12-31(13-11-21)14-15-35-23-8-3-2-4-9-23/h2-9,16,18,21H,10-15,17H2,1H3,(H,29,32)(H,33,34). The van der Waals surface area contributed by atoms with Crippen molar-refractivity contribution in [2.75, 3.05) is 26.2 Å². The highest BCUT2D eigenvalue weighted by molar-refractivity contribution is 5.95. The van der Waals surface area contributed by atoms with E-state index in [0.717, 1.165) is 49.5 Å². The second kappa shape index (κ2) is 11.6. The zero-order valence-corrected chi connectivity index (χ0v) is 19.8. The lowest BCUT2D eigenvalue weighted by molar-refractivity contribution is 0.0696. The van der Waals surface area contributed by atoms with Crippen LogP contribution < -0.4 is 10.1 Å². The van der Waals surface area contributed by atoms with E-state index in [2.05, 4.69) is 20.2 Å². The van der Waals surface area contributed by atoms with Crippen molar-refractivity contribution < 1.29 is 19.4 Å². The molecule has 1 saturated heterocycles. The Morgan fingerprint density at radius 1 is 1.11 bits per heavy atom. The number of carboxylic acid groups (broad SMARTS) is 1. The fraction of sp³-hybridized carbons (Fsp3) is 0.333. The number of aromatic nitrogens is 2. The van der Waals surface area contributed by atoms with E-state index in [4.69, 9.17) is 4.74 Å². The molecular formula is C27H30N4O4. The van der Waals surface area contributed by atoms with Crippen LogP contribution in [0.5, 0.6) is 5.75 Å². The average molecular weight is 475 g/mol. The summed E-state index contributed by atoms with van der Waals surface area (Å²) < 4.78 is 5.82. The molecule has 1 amide bonds. The van der Waals surface area contributed by atoms with Gasteiger partial charge < -0.3 is 15.2 Å². The van der Waals surface area contributed by atoms with Crippen molar-refractivity contribution in [3.05, 3.63) is 89.0 Å². The number of likely N-dealkylation sites (tertiary alicyclic amines) is 1. The Bertz CT molecular complexity index is 1160. The first-order valence-corrected chi connectivity index (χ1v) is 11.8. The molecule has 1 fully saturated rings. The quantitative estimate of drug-likeness (QED) is 0.488. The predicted octanol–water partition coefficient (Wildman–Crippen LogP) is 3.67. The molecule has 4 rings (SSSR count). The van der Waals surface area contributed by atoms with Crippen molar-refractivity contribution in [3.8, 4) is 5.75 Å². The molecule has 3 aromatic rings. The third-order valence-corrected chi connectivity index (χ3v) is 6.20. The second-order valence-electron chi connectivity index (χ2n) is 8.68. The van der Waals surface area contributed by atoms with E-state index in [-0.39, 0.29) is 23.9 Å². The van der Waals surface area contributed by atoms with Gasteiger partial charge in [-0.3, -0.25) is 9.69 Å². The number of aryl methyl sites for hydroxylation is 1. The largest absolute Gasteiger partial charge is 0.492 e. The molecule has 0 unspecified atom stereocenters. The van der Waals surface area contributed by atoms with E-state index in [9.17, 15) is 14.7 Å². The smallest absolute Gasteiger partial charge is 0.335 e. The van der Waals surface area contributed by atoms with Gasteiger partial charge >= 0.3 is 5.97 Å². The van der Waals surface area contributed by atoms with Crippen LogP contribution >= 0.6 is 0 Å². The minimum absolute atomic E-state index is 0.180. The molecule has 182 valence electrons. The molecule has 1 aromatic heterocycles. The average Bonchev–Trinajstić information content (AvgIpc) is 2.88. The van der Waals surface area contributed by atoms with E-state index in [1.54, 1.807) is 24.4 Å². The number of ether oxygens (including phenoxy) is 1. The number of carbonyl (C=O) groups is 2. The fourth-order valence-corrected chi connectivity index (χ4v) is 4.30. The lowest BCUT2D eigenvalue weighted by atomic mass is 9.90. The van der Waals surface area contributed by atoms with Gasteiger partial charge in [-0.25, -0.2) is 14.8 Å². The first kappa shape index (κ1) is 24.3. The first-order chi connectivity index (χ1) is 17.0. The Hall–Kier alpha value is -3.78. The van der Waals surface area contributed by atoms with Crippen LogP contribution in [0.2, 0.25) is 0 Å². The number of nitrogens with zero attached hydrogens (tertiary/aromatic N) is 3. The van der Waals surface area contributed by atoms with Gasteiger partial charge in [0.2, 0.25) is 0 Å². The van der Waals surface area contributed by atoms with Crippen molar-refractivity contribution in [1.82, 2.24) is 20.2 Å². The van der Waals surface area contributed by atoms with Crippen LogP contribution in [0.25, 0.3) is 0 Å². The van der Waals surface area contributed by atoms with Crippen LogP contribution in [0, 0.1) is 6.92 Å². The summed E-state index contributed by atoms with van der Waals surface area (Å²) in [5.41, 5.74) is 2.18. The fourth-order valence-electron chi connectivity index (χ4n) is 4.30. The second-order valence-corrected chi connectivity index (χ2v) is 8.68. The molecule has 0 spiro atoms. The minimum Gasteiger partial charge on any atom is -0.492 e. The van der Waals surface area contributed by atoms with Crippen molar-refractivity contribution in [3.63, 3.8) is 0 Å². The van der Waals surface area contributed by atoms with E-state index < -0.39 is 5.97 Å². The topological polar surface area (TPSA) is 105 Å². The van der Waals surface area contributed by atoms with Crippen molar-refractivity contribution in [2.45, 2.75) is 32.2 Å².